The van der Waals surface area contributed by atoms with Crippen LogP contribution in [0, 0.1) is 5.92 Å². The third-order valence-electron chi connectivity index (χ3n) is 3.15. The Bertz CT molecular complexity index is 488. The van der Waals surface area contributed by atoms with Gasteiger partial charge in [0.1, 0.15) is 5.69 Å². The number of aliphatic hydroxyl groups is 1. The van der Waals surface area contributed by atoms with Gasteiger partial charge in [0.05, 0.1) is 6.10 Å². The molecule has 1 saturated heterocycles. The SMILES string of the molecule is CC(=O)Nc1nc(C(=O)N2CCC(O)C(C)C2)cs1. The normalized spacial score (nSPS) is 23.2. The minimum Gasteiger partial charge on any atom is -0.393 e. The van der Waals surface area contributed by atoms with Gasteiger partial charge in [0.25, 0.3) is 5.91 Å². The number of piperidine rings is 1. The fraction of sp³-hybridized carbons (Fsp3) is 0.583. The summed E-state index contributed by atoms with van der Waals surface area (Å²) in [5, 5.41) is 14.3. The number of hydrogen-bond acceptors (Lipinski definition) is 5. The molecule has 19 heavy (non-hydrogen) atoms. The van der Waals surface area contributed by atoms with E-state index in [1.54, 1.807) is 10.3 Å². The Balaban J connectivity index is 2.03. The fourth-order valence-corrected chi connectivity index (χ4v) is 2.79. The monoisotopic (exact) mass is 283 g/mol. The van der Waals surface area contributed by atoms with Gasteiger partial charge in [0, 0.05) is 25.4 Å². The first kappa shape index (κ1) is 14.0. The fourth-order valence-electron chi connectivity index (χ4n) is 2.06. The number of nitrogens with zero attached hydrogens (tertiary/aromatic N) is 2. The number of aromatic nitrogens is 1. The second-order valence-electron chi connectivity index (χ2n) is 4.80. The summed E-state index contributed by atoms with van der Waals surface area (Å²) in [5.74, 6) is -0.277. The zero-order valence-corrected chi connectivity index (χ0v) is 11.7. The van der Waals surface area contributed by atoms with Gasteiger partial charge in [-0.3, -0.25) is 9.59 Å². The molecule has 0 radical (unpaired) electrons. The van der Waals surface area contributed by atoms with Gasteiger partial charge in [0.2, 0.25) is 5.91 Å². The standard InChI is InChI=1S/C12H17N3O3S/c1-7-5-15(4-3-10(7)17)11(18)9-6-19-12(14-9)13-8(2)16/h6-7,10,17H,3-5H2,1-2H3,(H,13,14,16). The quantitative estimate of drug-likeness (QED) is 0.846. The van der Waals surface area contributed by atoms with E-state index in [2.05, 4.69) is 10.3 Å². The van der Waals surface area contributed by atoms with Crippen molar-refractivity contribution in [2.45, 2.75) is 26.4 Å². The first-order valence-electron chi connectivity index (χ1n) is 6.18. The van der Waals surface area contributed by atoms with Crippen LogP contribution in [0.1, 0.15) is 30.8 Å². The van der Waals surface area contributed by atoms with Crippen LogP contribution in [0.15, 0.2) is 5.38 Å². The summed E-state index contributed by atoms with van der Waals surface area (Å²) in [7, 11) is 0. The van der Waals surface area contributed by atoms with Gasteiger partial charge in [-0.05, 0) is 12.3 Å². The minimum atomic E-state index is -0.338. The van der Waals surface area contributed by atoms with Crippen LogP contribution in [0.3, 0.4) is 0 Å². The Morgan fingerprint density at radius 1 is 1.58 bits per heavy atom. The zero-order chi connectivity index (χ0) is 14.0. The molecule has 104 valence electrons. The predicted molar refractivity (Wildman–Crippen MR) is 72.1 cm³/mol. The lowest BCUT2D eigenvalue weighted by Gasteiger charge is -2.33. The highest BCUT2D eigenvalue weighted by Gasteiger charge is 2.28. The van der Waals surface area contributed by atoms with E-state index in [9.17, 15) is 14.7 Å². The minimum absolute atomic E-state index is 0.0751. The van der Waals surface area contributed by atoms with E-state index in [4.69, 9.17) is 0 Å². The van der Waals surface area contributed by atoms with Crippen LogP contribution < -0.4 is 5.32 Å². The van der Waals surface area contributed by atoms with Crippen molar-refractivity contribution in [3.8, 4) is 0 Å². The van der Waals surface area contributed by atoms with Crippen molar-refractivity contribution in [1.29, 1.82) is 0 Å². The third kappa shape index (κ3) is 3.30. The molecule has 0 aromatic carbocycles. The molecule has 0 spiro atoms. The number of anilines is 1. The maximum atomic E-state index is 12.2. The largest absolute Gasteiger partial charge is 0.393 e. The molecular formula is C12H17N3O3S. The first-order valence-corrected chi connectivity index (χ1v) is 7.06. The Morgan fingerprint density at radius 2 is 2.32 bits per heavy atom. The van der Waals surface area contributed by atoms with E-state index in [0.717, 1.165) is 0 Å². The van der Waals surface area contributed by atoms with Crippen molar-refractivity contribution in [3.05, 3.63) is 11.1 Å². The summed E-state index contributed by atoms with van der Waals surface area (Å²) >= 11 is 1.23. The molecule has 1 aliphatic heterocycles. The Kier molecular flexibility index (Phi) is 4.16. The van der Waals surface area contributed by atoms with Crippen molar-refractivity contribution in [1.82, 2.24) is 9.88 Å². The highest BCUT2D eigenvalue weighted by atomic mass is 32.1. The van der Waals surface area contributed by atoms with Gasteiger partial charge in [-0.15, -0.1) is 11.3 Å². The van der Waals surface area contributed by atoms with E-state index in [1.165, 1.54) is 18.3 Å². The van der Waals surface area contributed by atoms with Gasteiger partial charge in [-0.25, -0.2) is 4.98 Å². The van der Waals surface area contributed by atoms with Crippen LogP contribution in [-0.2, 0) is 4.79 Å². The molecule has 2 heterocycles. The molecule has 1 aromatic rings. The summed E-state index contributed by atoms with van der Waals surface area (Å²) in [6, 6.07) is 0. The maximum Gasteiger partial charge on any atom is 0.273 e. The summed E-state index contributed by atoms with van der Waals surface area (Å²) in [5.41, 5.74) is 0.345. The van der Waals surface area contributed by atoms with E-state index >= 15 is 0 Å². The number of thiazole rings is 1. The molecule has 2 unspecified atom stereocenters. The molecule has 1 aromatic heterocycles. The molecule has 0 bridgehead atoms. The molecule has 7 heteroatoms. The molecule has 1 aliphatic rings. The molecule has 2 amide bonds. The molecule has 2 N–H and O–H groups in total. The summed E-state index contributed by atoms with van der Waals surface area (Å²) in [6.07, 6.45) is 0.254. The van der Waals surface area contributed by atoms with E-state index in [-0.39, 0.29) is 23.8 Å². The Labute approximate surface area is 115 Å². The van der Waals surface area contributed by atoms with Crippen LogP contribution in [0.2, 0.25) is 0 Å². The number of nitrogens with one attached hydrogen (secondary N) is 1. The van der Waals surface area contributed by atoms with Gasteiger partial charge in [0.15, 0.2) is 5.13 Å². The smallest absolute Gasteiger partial charge is 0.273 e. The second kappa shape index (κ2) is 5.66. The van der Waals surface area contributed by atoms with Gasteiger partial charge < -0.3 is 15.3 Å². The lowest BCUT2D eigenvalue weighted by molar-refractivity contribution is -0.114. The van der Waals surface area contributed by atoms with Crippen LogP contribution in [-0.4, -0.2) is 46.0 Å². The average Bonchev–Trinajstić information content (AvgIpc) is 2.79. The number of likely N-dealkylation sites (tertiary alicyclic amines) is 1. The highest BCUT2D eigenvalue weighted by molar-refractivity contribution is 7.14. The van der Waals surface area contributed by atoms with Crippen LogP contribution in [0.25, 0.3) is 0 Å². The van der Waals surface area contributed by atoms with E-state index in [0.29, 0.717) is 30.3 Å². The summed E-state index contributed by atoms with van der Waals surface area (Å²) in [4.78, 5) is 28.9. The second-order valence-corrected chi connectivity index (χ2v) is 5.66. The van der Waals surface area contributed by atoms with Crippen molar-refractivity contribution in [2.75, 3.05) is 18.4 Å². The maximum absolute atomic E-state index is 12.2. The molecular weight excluding hydrogens is 266 g/mol. The molecule has 2 rings (SSSR count). The number of hydrogen-bond donors (Lipinski definition) is 2. The molecule has 2 atom stereocenters. The molecule has 6 nitrogen and oxygen atoms in total. The summed E-state index contributed by atoms with van der Waals surface area (Å²) in [6.45, 7) is 4.40. The van der Waals surface area contributed by atoms with Crippen LogP contribution >= 0.6 is 11.3 Å². The van der Waals surface area contributed by atoms with Crippen molar-refractivity contribution >= 4 is 28.3 Å². The zero-order valence-electron chi connectivity index (χ0n) is 10.9. The highest BCUT2D eigenvalue weighted by Crippen LogP contribution is 2.21. The lowest BCUT2D eigenvalue weighted by atomic mass is 9.96. The van der Waals surface area contributed by atoms with Gasteiger partial charge in [-0.1, -0.05) is 6.92 Å². The van der Waals surface area contributed by atoms with E-state index in [1.807, 2.05) is 6.92 Å². The molecule has 1 fully saturated rings. The van der Waals surface area contributed by atoms with Crippen LogP contribution in [0.4, 0.5) is 5.13 Å². The number of amides is 2. The Hall–Kier alpha value is -1.47. The number of rotatable bonds is 2. The van der Waals surface area contributed by atoms with Crippen molar-refractivity contribution < 1.29 is 14.7 Å². The Morgan fingerprint density at radius 3 is 2.95 bits per heavy atom. The average molecular weight is 283 g/mol. The number of carbonyl (C=O) groups is 2. The lowest BCUT2D eigenvalue weighted by Crippen LogP contribution is -2.45. The third-order valence-corrected chi connectivity index (χ3v) is 3.91. The van der Waals surface area contributed by atoms with E-state index < -0.39 is 0 Å². The molecule has 0 aliphatic carbocycles. The van der Waals surface area contributed by atoms with Crippen LogP contribution in [0.5, 0.6) is 0 Å². The van der Waals surface area contributed by atoms with Gasteiger partial charge >= 0.3 is 0 Å². The topological polar surface area (TPSA) is 82.5 Å². The van der Waals surface area contributed by atoms with Crippen molar-refractivity contribution in [3.63, 3.8) is 0 Å². The molecule has 0 saturated carbocycles. The number of aliphatic hydroxyl groups excluding tert-OH is 1. The van der Waals surface area contributed by atoms with Crippen molar-refractivity contribution in [2.24, 2.45) is 5.92 Å². The summed E-state index contributed by atoms with van der Waals surface area (Å²) < 4.78 is 0. The predicted octanol–water partition coefficient (Wildman–Crippen LogP) is 0.944. The number of carbonyl (C=O) groups excluding carboxylic acids is 2. The first-order chi connectivity index (χ1) is 8.97. The van der Waals surface area contributed by atoms with Gasteiger partial charge in [-0.2, -0.15) is 0 Å².